The number of para-hydroxylation sites is 1. The predicted molar refractivity (Wildman–Crippen MR) is 204 cm³/mol. The van der Waals surface area contributed by atoms with E-state index >= 15 is 0 Å². The zero-order chi connectivity index (χ0) is 32.3. The molecule has 0 aliphatic carbocycles. The molecule has 0 atom stereocenters. The lowest BCUT2D eigenvalue weighted by Crippen LogP contribution is -2.09. The van der Waals surface area contributed by atoms with E-state index in [1.54, 1.807) is 0 Å². The van der Waals surface area contributed by atoms with E-state index in [1.807, 2.05) is 18.2 Å². The van der Waals surface area contributed by atoms with Crippen LogP contribution in [0.4, 0.5) is 22.9 Å². The van der Waals surface area contributed by atoms with Gasteiger partial charge in [0.2, 0.25) is 5.88 Å². The van der Waals surface area contributed by atoms with Crippen molar-refractivity contribution in [2.75, 3.05) is 16.8 Å². The predicted octanol–water partition coefficient (Wildman–Crippen LogP) is 12.7. The lowest BCUT2D eigenvalue weighted by molar-refractivity contribution is 0.628. The molecule has 4 nitrogen and oxygen atoms in total. The molecule has 2 aromatic heterocycles. The molecule has 1 aliphatic rings. The van der Waals surface area contributed by atoms with Crippen LogP contribution in [-0.2, 0) is 0 Å². The highest BCUT2D eigenvalue weighted by Gasteiger charge is 2.19. The molecule has 10 rings (SSSR count). The van der Waals surface area contributed by atoms with Gasteiger partial charge in [-0.3, -0.25) is 0 Å². The summed E-state index contributed by atoms with van der Waals surface area (Å²) in [5.41, 5.74) is 11.7. The Kier molecular flexibility index (Phi) is 6.21. The number of rotatable bonds is 5. The van der Waals surface area contributed by atoms with Crippen LogP contribution in [0.1, 0.15) is 5.56 Å². The summed E-state index contributed by atoms with van der Waals surface area (Å²) in [6.45, 7) is 0.774. The molecular weight excluding hydrogens is 601 g/mol. The van der Waals surface area contributed by atoms with Gasteiger partial charge in [0, 0.05) is 45.3 Å². The summed E-state index contributed by atoms with van der Waals surface area (Å²) in [5, 5.41) is 9.20. The van der Waals surface area contributed by atoms with E-state index in [2.05, 4.69) is 156 Å². The van der Waals surface area contributed by atoms with Crippen LogP contribution in [0.25, 0.3) is 72.0 Å². The second-order valence-corrected chi connectivity index (χ2v) is 12.6. The van der Waals surface area contributed by atoms with Gasteiger partial charge in [-0.25, -0.2) is 0 Å². The Morgan fingerprint density at radius 1 is 0.490 bits per heavy atom. The maximum atomic E-state index is 6.19. The Balaban J connectivity index is 1.09. The molecule has 9 aromatic rings. The van der Waals surface area contributed by atoms with Crippen LogP contribution >= 0.6 is 0 Å². The number of hydrogen-bond donors (Lipinski definition) is 1. The summed E-state index contributed by atoms with van der Waals surface area (Å²) in [7, 11) is 0. The van der Waals surface area contributed by atoms with E-state index in [-0.39, 0.29) is 0 Å². The van der Waals surface area contributed by atoms with Crippen molar-refractivity contribution < 1.29 is 8.83 Å². The summed E-state index contributed by atoms with van der Waals surface area (Å²) >= 11 is 0. The number of furan rings is 2. The van der Waals surface area contributed by atoms with Crippen molar-refractivity contribution in [2.45, 2.75) is 0 Å². The molecule has 4 heteroatoms. The number of nitrogens with zero attached hydrogens (tertiary/aromatic N) is 1. The van der Waals surface area contributed by atoms with Crippen molar-refractivity contribution in [2.24, 2.45) is 0 Å². The van der Waals surface area contributed by atoms with E-state index in [4.69, 9.17) is 8.83 Å². The van der Waals surface area contributed by atoms with Gasteiger partial charge >= 0.3 is 0 Å². The molecule has 0 unspecified atom stereocenters. The quantitative estimate of drug-likeness (QED) is 0.205. The number of fused-ring (bicyclic) bond motifs is 7. The summed E-state index contributed by atoms with van der Waals surface area (Å²) in [5.74, 6) is 0.835. The fraction of sp³-hybridized carbons (Fsp3) is 0.0222. The van der Waals surface area contributed by atoms with Crippen molar-refractivity contribution in [3.63, 3.8) is 0 Å². The zero-order valence-corrected chi connectivity index (χ0v) is 26.6. The van der Waals surface area contributed by atoms with E-state index in [0.29, 0.717) is 0 Å². The molecule has 1 N–H and O–H groups in total. The summed E-state index contributed by atoms with van der Waals surface area (Å²) < 4.78 is 12.4. The summed E-state index contributed by atoms with van der Waals surface area (Å²) in [6, 6.07) is 53.9. The van der Waals surface area contributed by atoms with Gasteiger partial charge < -0.3 is 19.1 Å². The van der Waals surface area contributed by atoms with Crippen molar-refractivity contribution >= 4 is 72.7 Å². The van der Waals surface area contributed by atoms with E-state index in [9.17, 15) is 0 Å². The number of anilines is 4. The third-order valence-corrected chi connectivity index (χ3v) is 9.68. The van der Waals surface area contributed by atoms with Gasteiger partial charge in [-0.1, -0.05) is 103 Å². The summed E-state index contributed by atoms with van der Waals surface area (Å²) in [6.07, 6.45) is 4.30. The second kappa shape index (κ2) is 11.0. The van der Waals surface area contributed by atoms with Crippen LogP contribution in [0.3, 0.4) is 0 Å². The largest absolute Gasteiger partial charge is 0.456 e. The molecule has 3 heterocycles. The highest BCUT2D eigenvalue weighted by atomic mass is 16.4. The van der Waals surface area contributed by atoms with E-state index < -0.39 is 0 Å². The van der Waals surface area contributed by atoms with Crippen LogP contribution in [0.15, 0.2) is 167 Å². The minimum Gasteiger partial charge on any atom is -0.456 e. The Morgan fingerprint density at radius 2 is 1.18 bits per heavy atom. The molecule has 232 valence electrons. The molecule has 0 fully saturated rings. The van der Waals surface area contributed by atoms with Gasteiger partial charge in [-0.2, -0.15) is 0 Å². The third kappa shape index (κ3) is 4.61. The smallest absolute Gasteiger partial charge is 0.201 e. The minimum absolute atomic E-state index is 0.774. The van der Waals surface area contributed by atoms with Crippen LogP contribution in [-0.4, -0.2) is 6.54 Å². The van der Waals surface area contributed by atoms with Gasteiger partial charge in [0.15, 0.2) is 0 Å². The molecule has 7 aromatic carbocycles. The van der Waals surface area contributed by atoms with Crippen LogP contribution in [0, 0.1) is 0 Å². The lowest BCUT2D eigenvalue weighted by Gasteiger charge is -2.26. The Hall–Kier alpha value is -6.52. The molecule has 1 aliphatic heterocycles. The van der Waals surface area contributed by atoms with Crippen molar-refractivity contribution in [3.05, 3.63) is 163 Å². The minimum atomic E-state index is 0.774. The second-order valence-electron chi connectivity index (χ2n) is 12.6. The molecule has 0 saturated carbocycles. The highest BCUT2D eigenvalue weighted by Crippen LogP contribution is 2.42. The maximum Gasteiger partial charge on any atom is 0.201 e. The molecule has 0 amide bonds. The average Bonchev–Trinajstić information content (AvgIpc) is 3.74. The number of hydrogen-bond acceptors (Lipinski definition) is 4. The molecular formula is C45H30N2O2. The first-order valence-corrected chi connectivity index (χ1v) is 16.6. The van der Waals surface area contributed by atoms with Gasteiger partial charge in [0.25, 0.3) is 0 Å². The van der Waals surface area contributed by atoms with Gasteiger partial charge in [-0.15, -0.1) is 0 Å². The van der Waals surface area contributed by atoms with Crippen LogP contribution < -0.4 is 10.2 Å². The van der Waals surface area contributed by atoms with Gasteiger partial charge in [0.1, 0.15) is 16.7 Å². The SMILES string of the molecule is C1=Cc2c(oc3cccc(-c4ccc(N(c5ccc(-c6ccc7ccccc7c6)cc5)c5ccc6oc7ccccc7c6c5)cc4)c23)NC1. The fourth-order valence-electron chi connectivity index (χ4n) is 7.29. The van der Waals surface area contributed by atoms with Crippen molar-refractivity contribution in [1.29, 1.82) is 0 Å². The number of nitrogens with one attached hydrogen (secondary N) is 1. The first kappa shape index (κ1) is 27.6. The average molecular weight is 631 g/mol. The fourth-order valence-corrected chi connectivity index (χ4v) is 7.29. The van der Waals surface area contributed by atoms with Crippen LogP contribution in [0.5, 0.6) is 0 Å². The van der Waals surface area contributed by atoms with E-state index in [0.717, 1.165) is 79.1 Å². The topological polar surface area (TPSA) is 41.6 Å². The standard InChI is InChI=1S/C45H30N2O2/c1-2-8-32-27-33(15-14-29(32)7-1)30-16-20-34(21-17-30)47(36-24-25-42-40(28-36)38-9-3-4-12-41(38)48-42)35-22-18-31(19-23-35)37-10-5-13-43-44(37)39-11-6-26-46-45(39)49-43/h1-25,27-28,46H,26H2. The lowest BCUT2D eigenvalue weighted by atomic mass is 9.97. The molecule has 0 radical (unpaired) electrons. The third-order valence-electron chi connectivity index (χ3n) is 9.68. The Labute approximate surface area is 283 Å². The first-order chi connectivity index (χ1) is 24.3. The highest BCUT2D eigenvalue weighted by molar-refractivity contribution is 6.07. The first-order valence-electron chi connectivity index (χ1n) is 16.6. The summed E-state index contributed by atoms with van der Waals surface area (Å²) in [4.78, 5) is 2.32. The van der Waals surface area contributed by atoms with Crippen molar-refractivity contribution in [1.82, 2.24) is 0 Å². The Bertz CT molecular complexity index is 2710. The van der Waals surface area contributed by atoms with Gasteiger partial charge in [-0.05, 0) is 93.7 Å². The van der Waals surface area contributed by atoms with Crippen LogP contribution in [0.2, 0.25) is 0 Å². The van der Waals surface area contributed by atoms with Gasteiger partial charge in [0.05, 0.1) is 0 Å². The zero-order valence-electron chi connectivity index (χ0n) is 26.6. The molecule has 0 saturated heterocycles. The Morgan fingerprint density at radius 3 is 2.04 bits per heavy atom. The number of benzene rings is 7. The van der Waals surface area contributed by atoms with E-state index in [1.165, 1.54) is 21.9 Å². The maximum absolute atomic E-state index is 6.19. The molecule has 49 heavy (non-hydrogen) atoms. The monoisotopic (exact) mass is 630 g/mol. The van der Waals surface area contributed by atoms with Crippen molar-refractivity contribution in [3.8, 4) is 22.3 Å². The normalized spacial score (nSPS) is 12.5. The molecule has 0 spiro atoms. The molecule has 0 bridgehead atoms.